The zero-order valence-corrected chi connectivity index (χ0v) is 60.8. The topological polar surface area (TPSA) is 310 Å². The summed E-state index contributed by atoms with van der Waals surface area (Å²) in [5.74, 6) is -5.73. The number of nitrogens with two attached hydrogens (primary N) is 1. The van der Waals surface area contributed by atoms with E-state index >= 15 is 0 Å². The highest BCUT2D eigenvalue weighted by Gasteiger charge is 2.44. The fourth-order valence-corrected chi connectivity index (χ4v) is 12.7. The van der Waals surface area contributed by atoms with Crippen molar-refractivity contribution >= 4 is 58.8 Å². The van der Waals surface area contributed by atoms with Gasteiger partial charge in [0.25, 0.3) is 0 Å². The third kappa shape index (κ3) is 28.8. The van der Waals surface area contributed by atoms with Gasteiger partial charge in [-0.15, -0.1) is 0 Å². The number of aliphatic hydroxyl groups excluding tert-OH is 1. The van der Waals surface area contributed by atoms with E-state index in [4.69, 9.17) is 38.9 Å². The Bertz CT molecular complexity index is 2700. The molecular weight excluding hydrogens is 1250 g/mol. The average Bonchev–Trinajstić information content (AvgIpc) is 1.80. The number of carbonyl (C=O) groups excluding carboxylic acids is 9. The normalized spacial score (nSPS) is 16.6. The van der Waals surface area contributed by atoms with E-state index in [9.17, 15) is 48.3 Å². The molecule has 12 atom stereocenters. The van der Waals surface area contributed by atoms with Crippen molar-refractivity contribution < 1.29 is 81.4 Å². The molecule has 1 aliphatic rings. The van der Waals surface area contributed by atoms with Gasteiger partial charge in [-0.2, -0.15) is 0 Å². The molecular formula is C73H119N7O17. The van der Waals surface area contributed by atoms with Crippen molar-refractivity contribution in [3.05, 3.63) is 65.7 Å². The zero-order chi connectivity index (χ0) is 72.3. The van der Waals surface area contributed by atoms with Crippen LogP contribution in [0.15, 0.2) is 54.6 Å². The number of nitrogens with one attached hydrogen (secondary N) is 3. The number of benzene rings is 2. The van der Waals surface area contributed by atoms with Gasteiger partial charge in [-0.3, -0.25) is 33.6 Å². The van der Waals surface area contributed by atoms with Gasteiger partial charge in [0.2, 0.25) is 23.6 Å². The first-order valence-electron chi connectivity index (χ1n) is 35.0. The van der Waals surface area contributed by atoms with Crippen LogP contribution < -0.4 is 21.7 Å². The van der Waals surface area contributed by atoms with Gasteiger partial charge in [-0.05, 0) is 85.0 Å². The molecule has 0 saturated carbocycles. The Morgan fingerprint density at radius 2 is 1.29 bits per heavy atom. The van der Waals surface area contributed by atoms with Gasteiger partial charge >= 0.3 is 12.1 Å². The van der Waals surface area contributed by atoms with Gasteiger partial charge in [-0.25, -0.2) is 9.59 Å². The summed E-state index contributed by atoms with van der Waals surface area (Å²) in [5, 5.41) is 19.2. The molecule has 0 radical (unpaired) electrons. The van der Waals surface area contributed by atoms with Crippen LogP contribution in [0.1, 0.15) is 164 Å². The van der Waals surface area contributed by atoms with E-state index in [2.05, 4.69) is 16.0 Å². The molecule has 3 rings (SSSR count). The molecule has 0 aromatic heterocycles. The molecule has 0 aliphatic carbocycles. The largest absolute Gasteiger partial charge is 0.445 e. The number of aliphatic hydroxyl groups is 1. The first-order valence-corrected chi connectivity index (χ1v) is 35.0. The number of ether oxygens (including phenoxy) is 7. The highest BCUT2D eigenvalue weighted by molar-refractivity contribution is 5.97. The van der Waals surface area contributed by atoms with Gasteiger partial charge in [-0.1, -0.05) is 125 Å². The standard InChI is InChI=1S/C73H119N7O17/c1-16-34-93-36-38-95-40-41-96-39-37-94-35-31-63(84)77-65(48(5)6)60(82)43-55(25-21-32-75-72(74)89)70(87)76-56-29-27-53(28-30-56)46-97-73(90)79(13)66(49(7)8)61(83)44-57(47(3)4)71(88)78(12)67(50(9)17-2)62(91-14)45-64(85)80-33-22-26-58(80)69(92-15)52(11)59(81)42-51(10)68(86)54-23-19-18-20-24-54/h18-20,23-24,27-30,47-52,55,57-58,62,65-69,86H,16-17,21-22,25-26,31-46H2,1-15H3,(H,76,87)(H,77,84)(H3,74,75,89)/t50-,51+,52-,55+,57-,58-,62+,65-,66-,67-,68-,69+/m0/s1. The summed E-state index contributed by atoms with van der Waals surface area (Å²) in [6, 6.07) is 12.3. The van der Waals surface area contributed by atoms with Crippen molar-refractivity contribution in [2.24, 2.45) is 53.1 Å². The number of urea groups is 1. The monoisotopic (exact) mass is 1370 g/mol. The maximum Gasteiger partial charge on any atom is 0.410 e. The number of rotatable bonds is 49. The Morgan fingerprint density at radius 1 is 0.680 bits per heavy atom. The van der Waals surface area contributed by atoms with Crippen LogP contribution in [0.2, 0.25) is 0 Å². The number of nitrogens with zero attached hydrogens (tertiary/aromatic N) is 3. The number of likely N-dealkylation sites (tertiary alicyclic amines) is 1. The first kappa shape index (κ1) is 84.8. The second-order valence-electron chi connectivity index (χ2n) is 26.9. The summed E-state index contributed by atoms with van der Waals surface area (Å²) in [4.78, 5) is 128. The SMILES string of the molecule is CCCOCCOCCOCCOCCC(=O)N[C@H](C(=O)C[C@@H](CCCNC(N)=O)C(=O)Nc1ccc(COC(=O)N(C)[C@H](C(=O)C[C@H](C(=O)N(C)[C@@H]([C@@H](C)CC)[C@@H](CC(=O)N2CCC[C@H]2[C@H](OC)[C@@H](C)C(=O)C[C@@H](C)[C@H](O)c2ccccc2)OC)C(C)C)C(C)C)cc1)C(C)C. The van der Waals surface area contributed by atoms with Crippen LogP contribution in [-0.4, -0.2) is 204 Å². The maximum atomic E-state index is 14.9. The van der Waals surface area contributed by atoms with Crippen molar-refractivity contribution in [2.75, 3.05) is 99.6 Å². The number of hydrogen-bond acceptors (Lipinski definition) is 17. The molecule has 1 saturated heterocycles. The number of ketones is 3. The number of hydrogen-bond donors (Lipinski definition) is 5. The van der Waals surface area contributed by atoms with E-state index in [0.717, 1.165) is 12.0 Å². The van der Waals surface area contributed by atoms with Gasteiger partial charge < -0.3 is 74.6 Å². The summed E-state index contributed by atoms with van der Waals surface area (Å²) in [7, 11) is 6.26. The molecule has 7 amide bonds. The Kier molecular flexibility index (Phi) is 39.6. The molecule has 0 unspecified atom stereocenters. The van der Waals surface area contributed by atoms with E-state index in [1.54, 1.807) is 62.1 Å². The summed E-state index contributed by atoms with van der Waals surface area (Å²) >= 11 is 0. The molecule has 548 valence electrons. The summed E-state index contributed by atoms with van der Waals surface area (Å²) in [6.45, 7) is 24.4. The van der Waals surface area contributed by atoms with Crippen LogP contribution in [0.3, 0.4) is 0 Å². The minimum absolute atomic E-state index is 0.00670. The fourth-order valence-electron chi connectivity index (χ4n) is 12.7. The lowest BCUT2D eigenvalue weighted by Crippen LogP contribution is -2.54. The molecule has 1 aliphatic heterocycles. The number of Topliss-reactive ketones (excluding diaryl/α,β-unsaturated/α-hetero) is 3. The minimum atomic E-state index is -0.960. The van der Waals surface area contributed by atoms with Crippen LogP contribution >= 0.6 is 0 Å². The summed E-state index contributed by atoms with van der Waals surface area (Å²) in [5.41, 5.74) is 6.98. The summed E-state index contributed by atoms with van der Waals surface area (Å²) in [6.07, 6.45) is 0.286. The molecule has 1 fully saturated rings. The van der Waals surface area contributed by atoms with Crippen LogP contribution in [0.5, 0.6) is 0 Å². The van der Waals surface area contributed by atoms with E-state index in [1.807, 2.05) is 92.6 Å². The molecule has 0 spiro atoms. The number of carbonyl (C=O) groups is 9. The van der Waals surface area contributed by atoms with E-state index in [0.29, 0.717) is 83.1 Å². The second-order valence-corrected chi connectivity index (χ2v) is 26.9. The van der Waals surface area contributed by atoms with Crippen molar-refractivity contribution in [2.45, 2.75) is 196 Å². The van der Waals surface area contributed by atoms with Gasteiger partial charge in [0, 0.05) is 97.1 Å². The predicted molar refractivity (Wildman–Crippen MR) is 371 cm³/mol. The fraction of sp³-hybridized carbons (Fsp3) is 0.712. The number of amides is 7. The van der Waals surface area contributed by atoms with Crippen molar-refractivity contribution in [1.29, 1.82) is 0 Å². The van der Waals surface area contributed by atoms with Crippen molar-refractivity contribution in [1.82, 2.24) is 25.3 Å². The predicted octanol–water partition coefficient (Wildman–Crippen LogP) is 8.73. The first-order chi connectivity index (χ1) is 46.1. The Balaban J connectivity index is 1.64. The quantitative estimate of drug-likeness (QED) is 0.0387. The van der Waals surface area contributed by atoms with Gasteiger partial charge in [0.15, 0.2) is 11.6 Å². The van der Waals surface area contributed by atoms with Crippen molar-refractivity contribution in [3.63, 3.8) is 0 Å². The van der Waals surface area contributed by atoms with E-state index in [-0.39, 0.29) is 136 Å². The van der Waals surface area contributed by atoms with Crippen LogP contribution in [0, 0.1) is 47.3 Å². The van der Waals surface area contributed by atoms with Crippen LogP contribution in [-0.2, 0) is 73.3 Å². The third-order valence-corrected chi connectivity index (χ3v) is 18.5. The summed E-state index contributed by atoms with van der Waals surface area (Å²) < 4.78 is 39.8. The number of likely N-dealkylation sites (N-methyl/N-ethyl adjacent to an activating group) is 2. The van der Waals surface area contributed by atoms with E-state index < -0.39 is 72.2 Å². The lowest BCUT2D eigenvalue weighted by Gasteiger charge is -2.41. The average molecular weight is 1370 g/mol. The molecule has 0 bridgehead atoms. The number of primary amides is 1. The van der Waals surface area contributed by atoms with Gasteiger partial charge in [0.05, 0.1) is 95.1 Å². The molecule has 24 nitrogen and oxygen atoms in total. The smallest absolute Gasteiger partial charge is 0.410 e. The second kappa shape index (κ2) is 45.3. The van der Waals surface area contributed by atoms with Crippen LogP contribution in [0.25, 0.3) is 0 Å². The molecule has 6 N–H and O–H groups in total. The van der Waals surface area contributed by atoms with Gasteiger partial charge in [0.1, 0.15) is 12.4 Å². The highest BCUT2D eigenvalue weighted by Crippen LogP contribution is 2.33. The Morgan fingerprint density at radius 3 is 1.84 bits per heavy atom. The maximum absolute atomic E-state index is 14.9. The number of methoxy groups -OCH3 is 2. The van der Waals surface area contributed by atoms with E-state index in [1.165, 1.54) is 19.1 Å². The lowest BCUT2D eigenvalue weighted by atomic mass is 9.83. The zero-order valence-electron chi connectivity index (χ0n) is 60.8. The lowest BCUT2D eigenvalue weighted by molar-refractivity contribution is -0.149. The molecule has 2 aromatic rings. The van der Waals surface area contributed by atoms with Crippen molar-refractivity contribution in [3.8, 4) is 0 Å². The van der Waals surface area contributed by atoms with Crippen LogP contribution in [0.4, 0.5) is 15.3 Å². The minimum Gasteiger partial charge on any atom is -0.445 e. The molecule has 1 heterocycles. The highest BCUT2D eigenvalue weighted by atomic mass is 16.6. The molecule has 97 heavy (non-hydrogen) atoms. The third-order valence-electron chi connectivity index (χ3n) is 18.5. The Labute approximate surface area is 577 Å². The number of anilines is 1. The molecule has 2 aromatic carbocycles. The Hall–Kier alpha value is -6.41. The molecule has 24 heteroatoms.